The second kappa shape index (κ2) is 6.54. The molecule has 2 aromatic heterocycles. The molecule has 4 nitrogen and oxygen atoms in total. The number of rotatable bonds is 5. The lowest BCUT2D eigenvalue weighted by Crippen LogP contribution is -2.18. The van der Waals surface area contributed by atoms with E-state index in [0.717, 1.165) is 17.0 Å². The van der Waals surface area contributed by atoms with Crippen molar-refractivity contribution in [1.82, 2.24) is 15.5 Å². The molecule has 112 valence electrons. The van der Waals surface area contributed by atoms with E-state index >= 15 is 0 Å². The zero-order valence-corrected chi connectivity index (χ0v) is 12.8. The van der Waals surface area contributed by atoms with Gasteiger partial charge < -0.3 is 9.84 Å². The number of benzene rings is 1. The van der Waals surface area contributed by atoms with Crippen molar-refractivity contribution in [2.24, 2.45) is 0 Å². The lowest BCUT2D eigenvalue weighted by atomic mass is 10.0. The highest BCUT2D eigenvalue weighted by Gasteiger charge is 2.07. The van der Waals surface area contributed by atoms with Crippen LogP contribution in [0.3, 0.4) is 0 Å². The molecule has 0 unspecified atom stereocenters. The highest BCUT2D eigenvalue weighted by Crippen LogP contribution is 2.21. The molecule has 0 aliphatic rings. The Kier molecular flexibility index (Phi) is 4.30. The normalized spacial score (nSPS) is 12.3. The predicted molar refractivity (Wildman–Crippen MR) is 86.2 cm³/mol. The largest absolute Gasteiger partial charge is 0.361 e. The summed E-state index contributed by atoms with van der Waals surface area (Å²) >= 11 is 0. The maximum Gasteiger partial charge on any atom is 0.133 e. The second-order valence-electron chi connectivity index (χ2n) is 5.40. The Hall–Kier alpha value is -2.46. The van der Waals surface area contributed by atoms with Gasteiger partial charge in [-0.2, -0.15) is 0 Å². The van der Waals surface area contributed by atoms with Crippen molar-refractivity contribution in [3.8, 4) is 11.1 Å². The van der Waals surface area contributed by atoms with Crippen molar-refractivity contribution in [3.05, 3.63) is 71.9 Å². The molecular weight excluding hydrogens is 274 g/mol. The fourth-order valence-electron chi connectivity index (χ4n) is 2.37. The quantitative estimate of drug-likeness (QED) is 0.775. The second-order valence-corrected chi connectivity index (χ2v) is 5.40. The van der Waals surface area contributed by atoms with Crippen LogP contribution in [0, 0.1) is 6.92 Å². The zero-order chi connectivity index (χ0) is 15.4. The van der Waals surface area contributed by atoms with Crippen LogP contribution < -0.4 is 5.32 Å². The van der Waals surface area contributed by atoms with E-state index in [2.05, 4.69) is 52.7 Å². The number of hydrogen-bond donors (Lipinski definition) is 1. The number of hydrogen-bond acceptors (Lipinski definition) is 4. The van der Waals surface area contributed by atoms with Gasteiger partial charge >= 0.3 is 0 Å². The molecule has 3 rings (SSSR count). The summed E-state index contributed by atoms with van der Waals surface area (Å²) in [6.07, 6.45) is 3.67. The summed E-state index contributed by atoms with van der Waals surface area (Å²) < 4.78 is 5.07. The molecule has 0 spiro atoms. The van der Waals surface area contributed by atoms with Gasteiger partial charge in [-0.05, 0) is 36.6 Å². The molecule has 0 amide bonds. The first-order chi connectivity index (χ1) is 10.7. The lowest BCUT2D eigenvalue weighted by molar-refractivity contribution is 0.386. The van der Waals surface area contributed by atoms with Gasteiger partial charge in [0.15, 0.2) is 0 Å². The van der Waals surface area contributed by atoms with Crippen LogP contribution in [0.25, 0.3) is 11.1 Å². The molecular formula is C18H19N3O. The molecule has 2 heterocycles. The molecule has 0 fully saturated rings. The first-order valence-electron chi connectivity index (χ1n) is 7.38. The van der Waals surface area contributed by atoms with E-state index in [4.69, 9.17) is 4.52 Å². The van der Waals surface area contributed by atoms with Crippen molar-refractivity contribution in [2.45, 2.75) is 26.4 Å². The maximum absolute atomic E-state index is 5.07. The van der Waals surface area contributed by atoms with E-state index in [1.807, 2.05) is 25.3 Å². The Morgan fingerprint density at radius 1 is 1.14 bits per heavy atom. The van der Waals surface area contributed by atoms with E-state index in [9.17, 15) is 0 Å². The monoisotopic (exact) mass is 293 g/mol. The first kappa shape index (κ1) is 14.5. The number of aromatic nitrogens is 2. The Morgan fingerprint density at radius 2 is 1.95 bits per heavy atom. The molecule has 0 aliphatic carbocycles. The smallest absolute Gasteiger partial charge is 0.133 e. The number of nitrogens with one attached hydrogen (secondary N) is 1. The minimum absolute atomic E-state index is 0.250. The molecule has 22 heavy (non-hydrogen) atoms. The van der Waals surface area contributed by atoms with Crippen molar-refractivity contribution < 1.29 is 4.52 Å². The van der Waals surface area contributed by atoms with E-state index in [0.29, 0.717) is 6.54 Å². The predicted octanol–water partition coefficient (Wildman–Crippen LogP) is 3.90. The Balaban J connectivity index is 1.64. The van der Waals surface area contributed by atoms with Crippen LogP contribution in [0.4, 0.5) is 0 Å². The third-order valence-corrected chi connectivity index (χ3v) is 3.67. The third-order valence-electron chi connectivity index (χ3n) is 3.67. The van der Waals surface area contributed by atoms with Gasteiger partial charge in [-0.25, -0.2) is 0 Å². The van der Waals surface area contributed by atoms with Gasteiger partial charge in [0, 0.05) is 31.0 Å². The summed E-state index contributed by atoms with van der Waals surface area (Å²) in [6.45, 7) is 4.74. The molecule has 1 N–H and O–H groups in total. The summed E-state index contributed by atoms with van der Waals surface area (Å²) in [6, 6.07) is 14.8. The molecule has 0 bridgehead atoms. The van der Waals surface area contributed by atoms with Gasteiger partial charge in [0.2, 0.25) is 0 Å². The zero-order valence-electron chi connectivity index (χ0n) is 12.8. The standard InChI is InChI=1S/C18H19N3O/c1-13-10-18(21-22-13)12-20-14(2)15-5-7-16(8-6-15)17-4-3-9-19-11-17/h3-11,14,20H,12H2,1-2H3/t14-/m0/s1. The number of nitrogens with zero attached hydrogens (tertiary/aromatic N) is 2. The summed E-state index contributed by atoms with van der Waals surface area (Å²) in [4.78, 5) is 4.16. The topological polar surface area (TPSA) is 51.0 Å². The summed E-state index contributed by atoms with van der Waals surface area (Å²) in [7, 11) is 0. The minimum atomic E-state index is 0.250. The van der Waals surface area contributed by atoms with Crippen molar-refractivity contribution in [2.75, 3.05) is 0 Å². The molecule has 3 aromatic rings. The van der Waals surface area contributed by atoms with Gasteiger partial charge in [0.25, 0.3) is 0 Å². The van der Waals surface area contributed by atoms with E-state index < -0.39 is 0 Å². The Morgan fingerprint density at radius 3 is 2.59 bits per heavy atom. The molecule has 1 atom stereocenters. The number of aryl methyl sites for hydroxylation is 1. The molecule has 0 saturated carbocycles. The number of pyridine rings is 1. The summed E-state index contributed by atoms with van der Waals surface area (Å²) in [5.41, 5.74) is 4.48. The molecule has 0 saturated heterocycles. The van der Waals surface area contributed by atoms with Gasteiger partial charge in [-0.1, -0.05) is 35.5 Å². The van der Waals surface area contributed by atoms with E-state index in [1.54, 1.807) is 6.20 Å². The minimum Gasteiger partial charge on any atom is -0.361 e. The van der Waals surface area contributed by atoms with Gasteiger partial charge in [0.1, 0.15) is 5.76 Å². The van der Waals surface area contributed by atoms with E-state index in [-0.39, 0.29) is 6.04 Å². The first-order valence-corrected chi connectivity index (χ1v) is 7.38. The highest BCUT2D eigenvalue weighted by atomic mass is 16.5. The molecule has 4 heteroatoms. The fraction of sp³-hybridized carbons (Fsp3) is 0.222. The van der Waals surface area contributed by atoms with Crippen LogP contribution in [0.5, 0.6) is 0 Å². The molecule has 0 radical (unpaired) electrons. The van der Waals surface area contributed by atoms with Crippen molar-refractivity contribution >= 4 is 0 Å². The highest BCUT2D eigenvalue weighted by molar-refractivity contribution is 5.62. The van der Waals surface area contributed by atoms with Crippen molar-refractivity contribution in [1.29, 1.82) is 0 Å². The maximum atomic E-state index is 5.07. The Bertz CT molecular complexity index is 720. The Labute approximate surface area is 130 Å². The van der Waals surface area contributed by atoms with Crippen LogP contribution in [-0.4, -0.2) is 10.1 Å². The summed E-state index contributed by atoms with van der Waals surface area (Å²) in [5, 5.41) is 7.44. The SMILES string of the molecule is Cc1cc(CN[C@@H](C)c2ccc(-c3cccnc3)cc2)no1. The van der Waals surface area contributed by atoms with Crippen molar-refractivity contribution in [3.63, 3.8) is 0 Å². The lowest BCUT2D eigenvalue weighted by Gasteiger charge is -2.13. The average Bonchev–Trinajstić information content (AvgIpc) is 2.99. The van der Waals surface area contributed by atoms with Gasteiger partial charge in [0.05, 0.1) is 5.69 Å². The van der Waals surface area contributed by atoms with Crippen LogP contribution in [-0.2, 0) is 6.54 Å². The summed E-state index contributed by atoms with van der Waals surface area (Å²) in [5.74, 6) is 0.838. The van der Waals surface area contributed by atoms with E-state index in [1.165, 1.54) is 11.1 Å². The molecule has 1 aromatic carbocycles. The van der Waals surface area contributed by atoms with Crippen LogP contribution in [0.2, 0.25) is 0 Å². The van der Waals surface area contributed by atoms with Gasteiger partial charge in [-0.3, -0.25) is 4.98 Å². The van der Waals surface area contributed by atoms with Crippen LogP contribution in [0.15, 0.2) is 59.4 Å². The average molecular weight is 293 g/mol. The third kappa shape index (κ3) is 3.40. The molecule has 0 aliphatic heterocycles. The fourth-order valence-corrected chi connectivity index (χ4v) is 2.37. The van der Waals surface area contributed by atoms with Crippen LogP contribution >= 0.6 is 0 Å². The van der Waals surface area contributed by atoms with Gasteiger partial charge in [-0.15, -0.1) is 0 Å². The van der Waals surface area contributed by atoms with Crippen LogP contribution in [0.1, 0.15) is 30.0 Å².